The van der Waals surface area contributed by atoms with Crippen LogP contribution >= 0.6 is 23.4 Å². The van der Waals surface area contributed by atoms with Gasteiger partial charge in [0, 0.05) is 21.7 Å². The van der Waals surface area contributed by atoms with Crippen molar-refractivity contribution < 1.29 is 33.2 Å². The highest BCUT2D eigenvalue weighted by atomic mass is 35.5. The number of ether oxygens (including phenoxy) is 1. The van der Waals surface area contributed by atoms with E-state index in [0.29, 0.717) is 17.0 Å². The number of nitrogens with two attached hydrogens (primary N) is 1. The van der Waals surface area contributed by atoms with Gasteiger partial charge >= 0.3 is 0 Å². The van der Waals surface area contributed by atoms with Crippen LogP contribution < -0.4 is 5.84 Å². The molecule has 1 saturated heterocycles. The van der Waals surface area contributed by atoms with Crippen molar-refractivity contribution in [3.8, 4) is 6.07 Å². The highest BCUT2D eigenvalue weighted by Crippen LogP contribution is 2.35. The van der Waals surface area contributed by atoms with Crippen molar-refractivity contribution in [1.29, 1.82) is 5.26 Å². The van der Waals surface area contributed by atoms with Crippen LogP contribution in [0.25, 0.3) is 0 Å². The lowest BCUT2D eigenvalue weighted by Crippen LogP contribution is -2.56. The van der Waals surface area contributed by atoms with E-state index in [1.807, 2.05) is 6.07 Å². The van der Waals surface area contributed by atoms with E-state index in [1.165, 1.54) is 18.2 Å². The zero-order valence-electron chi connectivity index (χ0n) is 17.1. The Labute approximate surface area is 201 Å². The van der Waals surface area contributed by atoms with Crippen molar-refractivity contribution >= 4 is 35.3 Å². The monoisotopic (exact) mass is 514 g/mol. The fourth-order valence-corrected chi connectivity index (χ4v) is 4.67. The van der Waals surface area contributed by atoms with E-state index in [-0.39, 0.29) is 21.9 Å². The van der Waals surface area contributed by atoms with Crippen molar-refractivity contribution in [2.24, 2.45) is 15.9 Å². The summed E-state index contributed by atoms with van der Waals surface area (Å²) in [6, 6.07) is 6.50. The molecule has 1 aliphatic heterocycles. The van der Waals surface area contributed by atoms with E-state index in [2.05, 4.69) is 10.1 Å². The maximum Gasteiger partial charge on any atom is 0.194 e. The van der Waals surface area contributed by atoms with E-state index >= 15 is 0 Å². The normalized spacial score (nSPS) is 25.5. The molecule has 1 heterocycles. The molecule has 0 radical (unpaired) electrons. The van der Waals surface area contributed by atoms with Crippen LogP contribution in [0.1, 0.15) is 11.1 Å². The molecule has 13 heteroatoms. The summed E-state index contributed by atoms with van der Waals surface area (Å²) < 4.78 is 46.0. The van der Waals surface area contributed by atoms with Gasteiger partial charge in [-0.2, -0.15) is 10.4 Å². The van der Waals surface area contributed by atoms with Crippen LogP contribution in [0.4, 0.5) is 13.2 Å². The lowest BCUT2D eigenvalue weighted by molar-refractivity contribution is -0.159. The van der Waals surface area contributed by atoms with E-state index < -0.39 is 53.8 Å². The number of nitrogens with zero attached hydrogens (tertiary/aromatic N) is 3. The Morgan fingerprint density at radius 1 is 1.18 bits per heavy atom. The molecule has 0 spiro atoms. The molecule has 0 amide bonds. The van der Waals surface area contributed by atoms with Crippen molar-refractivity contribution in [2.45, 2.75) is 34.7 Å². The van der Waals surface area contributed by atoms with E-state index in [9.17, 15) is 28.5 Å². The van der Waals surface area contributed by atoms with Crippen molar-refractivity contribution in [2.75, 3.05) is 6.61 Å². The molecule has 180 valence electrons. The number of nitriles is 1. The van der Waals surface area contributed by atoms with E-state index in [0.717, 1.165) is 18.0 Å². The zero-order valence-corrected chi connectivity index (χ0v) is 18.7. The molecular weight excluding hydrogens is 497 g/mol. The van der Waals surface area contributed by atoms with Gasteiger partial charge in [0.15, 0.2) is 17.5 Å². The third kappa shape index (κ3) is 5.69. The minimum Gasteiger partial charge on any atom is -0.394 e. The third-order valence-corrected chi connectivity index (χ3v) is 6.24. The summed E-state index contributed by atoms with van der Waals surface area (Å²) in [5, 5.41) is 43.7. The number of hydrogen-bond donors (Lipinski definition) is 4. The van der Waals surface area contributed by atoms with Gasteiger partial charge in [0.25, 0.3) is 0 Å². The van der Waals surface area contributed by atoms with Gasteiger partial charge in [0.1, 0.15) is 35.5 Å². The number of rotatable bonds is 6. The first-order chi connectivity index (χ1) is 16.2. The fourth-order valence-electron chi connectivity index (χ4n) is 3.21. The van der Waals surface area contributed by atoms with Crippen molar-refractivity contribution in [3.63, 3.8) is 0 Å². The number of halogens is 4. The molecule has 2 aromatic carbocycles. The largest absolute Gasteiger partial charge is 0.394 e. The van der Waals surface area contributed by atoms with Crippen LogP contribution in [0, 0.1) is 28.8 Å². The molecule has 3 rings (SSSR count). The molecule has 8 nitrogen and oxygen atoms in total. The number of thioether (sulfide) groups is 1. The van der Waals surface area contributed by atoms with Gasteiger partial charge in [-0.15, -0.1) is 0 Å². The maximum absolute atomic E-state index is 13.6. The van der Waals surface area contributed by atoms with Crippen LogP contribution in [0.15, 0.2) is 45.3 Å². The summed E-state index contributed by atoms with van der Waals surface area (Å²) in [6.07, 6.45) is -3.10. The third-order valence-electron chi connectivity index (χ3n) is 4.89. The second-order valence-corrected chi connectivity index (χ2v) is 8.76. The molecule has 34 heavy (non-hydrogen) atoms. The molecule has 5 N–H and O–H groups in total. The van der Waals surface area contributed by atoms with Gasteiger partial charge in [0.2, 0.25) is 0 Å². The highest BCUT2D eigenvalue weighted by molar-refractivity contribution is 7.99. The Bertz CT molecular complexity index is 1140. The maximum atomic E-state index is 13.6. The van der Waals surface area contributed by atoms with Crippen LogP contribution in [0.5, 0.6) is 0 Å². The molecule has 0 aliphatic carbocycles. The second kappa shape index (κ2) is 11.2. The SMILES string of the molecule is N#Cc1cc(Cl)cc(S[C@@H]2OC(CO)[C@H](O)C(N=CC(=NN)c3cc(F)c(F)c(F)c3)C2O)c1. The number of aliphatic hydroxyl groups excluding tert-OH is 3. The number of hydrazone groups is 1. The smallest absolute Gasteiger partial charge is 0.194 e. The number of aliphatic imine (C=N–C) groups is 1. The quantitative estimate of drug-likeness (QED) is 0.199. The topological polar surface area (TPSA) is 144 Å². The van der Waals surface area contributed by atoms with Gasteiger partial charge in [0.05, 0.1) is 18.2 Å². The minimum absolute atomic E-state index is 0.230. The fraction of sp³-hybridized carbons (Fsp3) is 0.286. The highest BCUT2D eigenvalue weighted by Gasteiger charge is 2.44. The lowest BCUT2D eigenvalue weighted by Gasteiger charge is -2.40. The molecule has 0 bridgehead atoms. The molecular formula is C21H18ClF3N4O4S. The molecule has 1 fully saturated rings. The van der Waals surface area contributed by atoms with E-state index in [1.54, 1.807) is 0 Å². The summed E-state index contributed by atoms with van der Waals surface area (Å²) in [5.41, 5.74) is -1.27. The van der Waals surface area contributed by atoms with Crippen LogP contribution in [-0.4, -0.2) is 63.6 Å². The summed E-state index contributed by atoms with van der Waals surface area (Å²) in [7, 11) is 0. The number of aliphatic hydroxyl groups is 3. The summed E-state index contributed by atoms with van der Waals surface area (Å²) in [5.74, 6) is 0.676. The number of benzene rings is 2. The Morgan fingerprint density at radius 2 is 1.85 bits per heavy atom. The standard InChI is InChI=1S/C21H18ClF3N4O4S/c22-11-1-9(6-26)2-12(5-11)34-21-20(32)18(19(31)16(8-30)33-21)28-7-15(29-27)10-3-13(23)17(25)14(24)4-10/h1-5,7,16,18-21,30-32H,8,27H2/t16?,18?,19-,20?,21-/m0/s1. The Kier molecular flexibility index (Phi) is 8.53. The average molecular weight is 515 g/mol. The van der Waals surface area contributed by atoms with Gasteiger partial charge < -0.3 is 25.9 Å². The van der Waals surface area contributed by atoms with Crippen LogP contribution in [-0.2, 0) is 4.74 Å². The number of hydrogen-bond acceptors (Lipinski definition) is 9. The molecule has 0 saturated carbocycles. The first kappa shape index (κ1) is 26.0. The van der Waals surface area contributed by atoms with Crippen molar-refractivity contribution in [3.05, 3.63) is 63.9 Å². The summed E-state index contributed by atoms with van der Waals surface area (Å²) >= 11 is 6.99. The van der Waals surface area contributed by atoms with E-state index in [4.69, 9.17) is 27.4 Å². The van der Waals surface area contributed by atoms with Crippen LogP contribution in [0.2, 0.25) is 5.02 Å². The van der Waals surface area contributed by atoms with Crippen molar-refractivity contribution in [1.82, 2.24) is 0 Å². The molecule has 2 aromatic rings. The van der Waals surface area contributed by atoms with Crippen LogP contribution in [0.3, 0.4) is 0 Å². The Hall–Kier alpha value is -2.66. The summed E-state index contributed by atoms with van der Waals surface area (Å²) in [6.45, 7) is -0.609. The molecule has 0 aromatic heterocycles. The first-order valence-corrected chi connectivity index (χ1v) is 10.9. The predicted molar refractivity (Wildman–Crippen MR) is 119 cm³/mol. The van der Waals surface area contributed by atoms with Gasteiger partial charge in [-0.05, 0) is 30.3 Å². The minimum atomic E-state index is -1.67. The second-order valence-electron chi connectivity index (χ2n) is 7.15. The molecule has 1 aliphatic rings. The zero-order chi connectivity index (χ0) is 25.0. The average Bonchev–Trinajstić information content (AvgIpc) is 2.80. The Morgan fingerprint density at radius 3 is 2.44 bits per heavy atom. The molecule has 3 unspecified atom stereocenters. The first-order valence-electron chi connectivity index (χ1n) is 9.64. The van der Waals surface area contributed by atoms with Gasteiger partial charge in [-0.3, -0.25) is 4.99 Å². The Balaban J connectivity index is 1.88. The van der Waals surface area contributed by atoms with Gasteiger partial charge in [-0.25, -0.2) is 13.2 Å². The molecule has 5 atom stereocenters. The summed E-state index contributed by atoms with van der Waals surface area (Å²) in [4.78, 5) is 4.54. The lowest BCUT2D eigenvalue weighted by atomic mass is 9.98. The predicted octanol–water partition coefficient (Wildman–Crippen LogP) is 1.96. The van der Waals surface area contributed by atoms with Gasteiger partial charge in [-0.1, -0.05) is 23.4 Å².